The number of rotatable bonds is 7. The van der Waals surface area contributed by atoms with E-state index in [2.05, 4.69) is 32.7 Å². The van der Waals surface area contributed by atoms with Crippen LogP contribution in [-0.4, -0.2) is 21.4 Å². The monoisotopic (exact) mass is 385 g/mol. The summed E-state index contributed by atoms with van der Waals surface area (Å²) in [6.07, 6.45) is 0.868. The SMILES string of the molecule is O=[N+]([O-])c1cccc(Nc2nc(NCCc3ccccc3)c3ccccc3n2)c1. The van der Waals surface area contributed by atoms with Gasteiger partial charge in [0.2, 0.25) is 5.95 Å². The smallest absolute Gasteiger partial charge is 0.271 e. The lowest BCUT2D eigenvalue weighted by Gasteiger charge is -2.12. The van der Waals surface area contributed by atoms with Crippen molar-refractivity contribution in [3.05, 3.63) is 94.5 Å². The van der Waals surface area contributed by atoms with Crippen LogP contribution in [0.25, 0.3) is 10.9 Å². The lowest BCUT2D eigenvalue weighted by atomic mass is 10.1. The number of hydrogen-bond donors (Lipinski definition) is 2. The van der Waals surface area contributed by atoms with E-state index in [1.54, 1.807) is 12.1 Å². The Hall–Kier alpha value is -4.00. The molecule has 7 heteroatoms. The lowest BCUT2D eigenvalue weighted by Crippen LogP contribution is -2.09. The van der Waals surface area contributed by atoms with Gasteiger partial charge in [0, 0.05) is 29.8 Å². The highest BCUT2D eigenvalue weighted by Gasteiger charge is 2.10. The summed E-state index contributed by atoms with van der Waals surface area (Å²) in [7, 11) is 0. The minimum Gasteiger partial charge on any atom is -0.369 e. The highest BCUT2D eigenvalue weighted by Crippen LogP contribution is 2.25. The third-order valence-corrected chi connectivity index (χ3v) is 4.47. The van der Waals surface area contributed by atoms with Gasteiger partial charge in [-0.15, -0.1) is 0 Å². The molecule has 3 aromatic carbocycles. The summed E-state index contributed by atoms with van der Waals surface area (Å²) >= 11 is 0. The molecule has 144 valence electrons. The minimum atomic E-state index is -0.428. The van der Waals surface area contributed by atoms with Crippen molar-refractivity contribution >= 4 is 34.0 Å². The summed E-state index contributed by atoms with van der Waals surface area (Å²) in [4.78, 5) is 19.7. The van der Waals surface area contributed by atoms with Crippen molar-refractivity contribution in [3.63, 3.8) is 0 Å². The van der Waals surface area contributed by atoms with Gasteiger partial charge in [0.1, 0.15) is 5.82 Å². The van der Waals surface area contributed by atoms with Crippen molar-refractivity contribution in [3.8, 4) is 0 Å². The van der Waals surface area contributed by atoms with E-state index < -0.39 is 4.92 Å². The average molecular weight is 385 g/mol. The molecule has 0 unspecified atom stereocenters. The number of nitrogens with one attached hydrogen (secondary N) is 2. The predicted octanol–water partition coefficient (Wildman–Crippen LogP) is 4.94. The Kier molecular flexibility index (Phi) is 5.29. The van der Waals surface area contributed by atoms with Gasteiger partial charge >= 0.3 is 0 Å². The second-order valence-electron chi connectivity index (χ2n) is 6.51. The maximum Gasteiger partial charge on any atom is 0.271 e. The summed E-state index contributed by atoms with van der Waals surface area (Å²) < 4.78 is 0. The number of fused-ring (bicyclic) bond motifs is 1. The molecule has 4 rings (SSSR count). The Bertz CT molecular complexity index is 1150. The first-order chi connectivity index (χ1) is 14.2. The van der Waals surface area contributed by atoms with E-state index in [1.807, 2.05) is 42.5 Å². The van der Waals surface area contributed by atoms with Gasteiger partial charge in [0.05, 0.1) is 10.4 Å². The molecule has 0 spiro atoms. The van der Waals surface area contributed by atoms with Crippen LogP contribution in [0.2, 0.25) is 0 Å². The molecule has 29 heavy (non-hydrogen) atoms. The number of non-ortho nitro benzene ring substituents is 1. The fourth-order valence-corrected chi connectivity index (χ4v) is 3.06. The van der Waals surface area contributed by atoms with Crippen LogP contribution in [0.5, 0.6) is 0 Å². The zero-order valence-corrected chi connectivity index (χ0v) is 15.6. The van der Waals surface area contributed by atoms with E-state index in [1.165, 1.54) is 17.7 Å². The zero-order valence-electron chi connectivity index (χ0n) is 15.6. The normalized spacial score (nSPS) is 10.6. The Morgan fingerprint density at radius 1 is 0.897 bits per heavy atom. The highest BCUT2D eigenvalue weighted by molar-refractivity contribution is 5.90. The van der Waals surface area contributed by atoms with Crippen molar-refractivity contribution < 1.29 is 4.92 Å². The number of anilines is 3. The van der Waals surface area contributed by atoms with E-state index in [0.29, 0.717) is 11.6 Å². The Morgan fingerprint density at radius 3 is 2.52 bits per heavy atom. The topological polar surface area (TPSA) is 93.0 Å². The van der Waals surface area contributed by atoms with Crippen LogP contribution in [0.1, 0.15) is 5.56 Å². The molecule has 2 N–H and O–H groups in total. The maximum absolute atomic E-state index is 11.0. The fourth-order valence-electron chi connectivity index (χ4n) is 3.06. The first kappa shape index (κ1) is 18.4. The molecular weight excluding hydrogens is 366 g/mol. The molecule has 0 atom stereocenters. The van der Waals surface area contributed by atoms with E-state index in [0.717, 1.165) is 29.7 Å². The lowest BCUT2D eigenvalue weighted by molar-refractivity contribution is -0.384. The molecular formula is C22H19N5O2. The Morgan fingerprint density at radius 2 is 1.69 bits per heavy atom. The third kappa shape index (κ3) is 4.47. The summed E-state index contributed by atoms with van der Waals surface area (Å²) in [5, 5.41) is 18.4. The predicted molar refractivity (Wildman–Crippen MR) is 115 cm³/mol. The van der Waals surface area contributed by atoms with Crippen LogP contribution < -0.4 is 10.6 Å². The van der Waals surface area contributed by atoms with Gasteiger partial charge in [-0.1, -0.05) is 48.5 Å². The second-order valence-corrected chi connectivity index (χ2v) is 6.51. The summed E-state index contributed by atoms with van der Waals surface area (Å²) in [5.74, 6) is 1.10. The molecule has 0 bridgehead atoms. The molecule has 1 heterocycles. The second kappa shape index (κ2) is 8.35. The van der Waals surface area contributed by atoms with Gasteiger partial charge in [-0.3, -0.25) is 10.1 Å². The zero-order chi connectivity index (χ0) is 20.1. The number of nitro benzene ring substituents is 1. The Labute approximate surface area is 167 Å². The maximum atomic E-state index is 11.0. The van der Waals surface area contributed by atoms with Gasteiger partial charge in [-0.05, 0) is 30.2 Å². The van der Waals surface area contributed by atoms with Gasteiger partial charge in [-0.2, -0.15) is 4.98 Å². The third-order valence-electron chi connectivity index (χ3n) is 4.47. The van der Waals surface area contributed by atoms with Crippen molar-refractivity contribution in [1.82, 2.24) is 9.97 Å². The fraction of sp³-hybridized carbons (Fsp3) is 0.0909. The van der Waals surface area contributed by atoms with Gasteiger partial charge in [0.15, 0.2) is 0 Å². The number of nitro groups is 1. The molecule has 0 aliphatic heterocycles. The van der Waals surface area contributed by atoms with Crippen molar-refractivity contribution in [2.45, 2.75) is 6.42 Å². The summed E-state index contributed by atoms with van der Waals surface area (Å²) in [5.41, 5.74) is 2.60. The number of benzene rings is 3. The van der Waals surface area contributed by atoms with E-state index in [-0.39, 0.29) is 5.69 Å². The number of para-hydroxylation sites is 1. The molecule has 4 aromatic rings. The molecule has 0 saturated heterocycles. The molecule has 0 amide bonds. The van der Waals surface area contributed by atoms with Crippen molar-refractivity contribution in [1.29, 1.82) is 0 Å². The highest BCUT2D eigenvalue weighted by atomic mass is 16.6. The quantitative estimate of drug-likeness (QED) is 0.346. The number of nitrogens with zero attached hydrogens (tertiary/aromatic N) is 3. The first-order valence-corrected chi connectivity index (χ1v) is 9.25. The first-order valence-electron chi connectivity index (χ1n) is 9.25. The molecule has 0 aliphatic carbocycles. The molecule has 0 aliphatic rings. The van der Waals surface area contributed by atoms with Crippen LogP contribution in [0.3, 0.4) is 0 Å². The van der Waals surface area contributed by atoms with Crippen LogP contribution in [0.15, 0.2) is 78.9 Å². The van der Waals surface area contributed by atoms with Crippen LogP contribution in [0.4, 0.5) is 23.1 Å². The van der Waals surface area contributed by atoms with Crippen molar-refractivity contribution in [2.24, 2.45) is 0 Å². The van der Waals surface area contributed by atoms with Crippen LogP contribution >= 0.6 is 0 Å². The van der Waals surface area contributed by atoms with E-state index in [4.69, 9.17) is 0 Å². The summed E-state index contributed by atoms with van der Waals surface area (Å²) in [6.45, 7) is 0.723. The number of hydrogen-bond acceptors (Lipinski definition) is 6. The minimum absolute atomic E-state index is 0.0111. The van der Waals surface area contributed by atoms with Crippen LogP contribution in [0, 0.1) is 10.1 Å². The van der Waals surface area contributed by atoms with E-state index in [9.17, 15) is 10.1 Å². The van der Waals surface area contributed by atoms with E-state index >= 15 is 0 Å². The Balaban J connectivity index is 1.58. The molecule has 7 nitrogen and oxygen atoms in total. The van der Waals surface area contributed by atoms with Crippen LogP contribution in [-0.2, 0) is 6.42 Å². The molecule has 0 radical (unpaired) electrons. The largest absolute Gasteiger partial charge is 0.369 e. The molecule has 1 aromatic heterocycles. The average Bonchev–Trinajstić information content (AvgIpc) is 2.74. The molecule has 0 saturated carbocycles. The molecule has 0 fully saturated rings. The number of aromatic nitrogens is 2. The summed E-state index contributed by atoms with van der Waals surface area (Å²) in [6, 6.07) is 24.3. The van der Waals surface area contributed by atoms with Gasteiger partial charge in [0.25, 0.3) is 5.69 Å². The van der Waals surface area contributed by atoms with Gasteiger partial charge in [-0.25, -0.2) is 4.98 Å². The standard InChI is InChI=1S/C22H19N5O2/c28-27(29)18-10-6-9-17(15-18)24-22-25-20-12-5-4-11-19(20)21(26-22)23-14-13-16-7-2-1-3-8-16/h1-12,15H,13-14H2,(H2,23,24,25,26). The van der Waals surface area contributed by atoms with Gasteiger partial charge < -0.3 is 10.6 Å². The van der Waals surface area contributed by atoms with Crippen molar-refractivity contribution in [2.75, 3.05) is 17.2 Å².